The van der Waals surface area contributed by atoms with Crippen LogP contribution >= 0.6 is 12.6 Å². The van der Waals surface area contributed by atoms with Gasteiger partial charge in [-0.05, 0) is 24.5 Å². The van der Waals surface area contributed by atoms with Gasteiger partial charge in [-0.2, -0.15) is 0 Å². The zero-order chi connectivity index (χ0) is 15.1. The van der Waals surface area contributed by atoms with Crippen LogP contribution in [0.1, 0.15) is 46.5 Å². The molecule has 0 radical (unpaired) electrons. The van der Waals surface area contributed by atoms with E-state index in [4.69, 9.17) is 5.73 Å². The number of halogens is 1. The van der Waals surface area contributed by atoms with Crippen molar-refractivity contribution in [2.75, 3.05) is 6.54 Å². The van der Waals surface area contributed by atoms with E-state index in [0.717, 1.165) is 25.1 Å². The predicted molar refractivity (Wildman–Crippen MR) is 87.9 cm³/mol. The van der Waals surface area contributed by atoms with Crippen LogP contribution in [0, 0.1) is 11.8 Å². The van der Waals surface area contributed by atoms with Crippen LogP contribution in [0.2, 0.25) is 0 Å². The minimum atomic E-state index is -0.319. The Morgan fingerprint density at radius 3 is 2.65 bits per heavy atom. The molecule has 1 atom stereocenters. The van der Waals surface area contributed by atoms with Crippen molar-refractivity contribution in [1.29, 1.82) is 0 Å². The summed E-state index contributed by atoms with van der Waals surface area (Å²) in [5.41, 5.74) is 7.72. The van der Waals surface area contributed by atoms with Gasteiger partial charge in [0.25, 0.3) is 0 Å². The minimum absolute atomic E-state index is 0.0655. The number of thiol groups is 1. The quantitative estimate of drug-likeness (QED) is 0.485. The van der Waals surface area contributed by atoms with Gasteiger partial charge >= 0.3 is 0 Å². The van der Waals surface area contributed by atoms with E-state index in [1.165, 1.54) is 12.8 Å². The average Bonchev–Trinajstić information content (AvgIpc) is 2.48. The predicted octanol–water partition coefficient (Wildman–Crippen LogP) is 4.28. The Labute approximate surface area is 127 Å². The Balaban J connectivity index is 2.90. The highest BCUT2D eigenvalue weighted by Gasteiger charge is 2.21. The van der Waals surface area contributed by atoms with Crippen molar-refractivity contribution < 1.29 is 4.39 Å². The molecule has 3 N–H and O–H groups in total. The summed E-state index contributed by atoms with van der Waals surface area (Å²) in [6.07, 6.45) is 7.58. The summed E-state index contributed by atoms with van der Waals surface area (Å²) in [7, 11) is 0. The van der Waals surface area contributed by atoms with E-state index in [0.29, 0.717) is 16.5 Å². The van der Waals surface area contributed by atoms with Crippen LogP contribution in [-0.2, 0) is 0 Å². The molecule has 0 aliphatic heterocycles. The smallest absolute Gasteiger partial charge is 0.138 e. The molecule has 1 aliphatic carbocycles. The highest BCUT2D eigenvalue weighted by Crippen LogP contribution is 2.30. The fourth-order valence-corrected chi connectivity index (χ4v) is 2.45. The lowest BCUT2D eigenvalue weighted by molar-refractivity contribution is 0.508. The Morgan fingerprint density at radius 1 is 1.35 bits per heavy atom. The minimum Gasteiger partial charge on any atom is -0.401 e. The molecular formula is C16H27FN2S. The van der Waals surface area contributed by atoms with Crippen LogP contribution < -0.4 is 11.1 Å². The van der Waals surface area contributed by atoms with Gasteiger partial charge in [0.1, 0.15) is 5.83 Å². The number of hydrogen-bond donors (Lipinski definition) is 3. The monoisotopic (exact) mass is 298 g/mol. The highest BCUT2D eigenvalue weighted by atomic mass is 32.1. The van der Waals surface area contributed by atoms with Gasteiger partial charge in [0, 0.05) is 28.8 Å². The second-order valence-corrected chi connectivity index (χ2v) is 6.28. The Hall–Kier alpha value is -0.900. The van der Waals surface area contributed by atoms with Gasteiger partial charge in [-0.15, -0.1) is 12.6 Å². The maximum Gasteiger partial charge on any atom is 0.138 e. The lowest BCUT2D eigenvalue weighted by atomic mass is 9.94. The van der Waals surface area contributed by atoms with Crippen LogP contribution in [0.5, 0.6) is 0 Å². The fourth-order valence-electron chi connectivity index (χ4n) is 2.23. The molecule has 0 bridgehead atoms. The molecule has 0 aromatic heterocycles. The number of hydrogen-bond acceptors (Lipinski definition) is 3. The van der Waals surface area contributed by atoms with Crippen molar-refractivity contribution in [2.45, 2.75) is 46.5 Å². The largest absolute Gasteiger partial charge is 0.401 e. The SMILES string of the molecule is CCCCC[C@@H]1C(N)=CC(S)=C(F)C=C1NCC(C)C. The van der Waals surface area contributed by atoms with Crippen LogP contribution in [0.4, 0.5) is 4.39 Å². The van der Waals surface area contributed by atoms with Crippen molar-refractivity contribution >= 4 is 12.6 Å². The van der Waals surface area contributed by atoms with E-state index in [2.05, 4.69) is 38.7 Å². The number of unbranched alkanes of at least 4 members (excludes halogenated alkanes) is 2. The molecule has 2 nitrogen and oxygen atoms in total. The number of allylic oxidation sites excluding steroid dienone is 3. The number of nitrogens with one attached hydrogen (secondary N) is 1. The van der Waals surface area contributed by atoms with Gasteiger partial charge in [0.05, 0.1) is 0 Å². The van der Waals surface area contributed by atoms with Crippen LogP contribution in [0.15, 0.2) is 34.3 Å². The zero-order valence-electron chi connectivity index (χ0n) is 12.7. The summed E-state index contributed by atoms with van der Waals surface area (Å²) < 4.78 is 13.9. The van der Waals surface area contributed by atoms with Crippen LogP contribution in [0.25, 0.3) is 0 Å². The maximum atomic E-state index is 13.9. The van der Waals surface area contributed by atoms with Crippen LogP contribution in [-0.4, -0.2) is 6.54 Å². The second-order valence-electron chi connectivity index (χ2n) is 5.80. The van der Waals surface area contributed by atoms with E-state index in [1.54, 1.807) is 12.2 Å². The van der Waals surface area contributed by atoms with E-state index in [-0.39, 0.29) is 11.7 Å². The molecule has 1 rings (SSSR count). The fraction of sp³-hybridized carbons (Fsp3) is 0.625. The molecule has 0 saturated heterocycles. The summed E-state index contributed by atoms with van der Waals surface area (Å²) in [4.78, 5) is 0.310. The molecular weight excluding hydrogens is 271 g/mol. The molecule has 0 saturated carbocycles. The molecule has 0 aromatic carbocycles. The standard InChI is InChI=1S/C16H27FN2S/c1-4-5-6-7-12-14(18)9-16(20)13(17)8-15(12)19-10-11(2)3/h8-9,11-12,19-20H,4-7,10,18H2,1-3H3/t12-/m1/s1. The van der Waals surface area contributed by atoms with Gasteiger partial charge in [-0.1, -0.05) is 40.0 Å². The summed E-state index contributed by atoms with van der Waals surface area (Å²) in [6, 6.07) is 0. The lowest BCUT2D eigenvalue weighted by Gasteiger charge is -2.22. The molecule has 1 aliphatic rings. The average molecular weight is 298 g/mol. The molecule has 0 amide bonds. The van der Waals surface area contributed by atoms with Gasteiger partial charge in [0.2, 0.25) is 0 Å². The van der Waals surface area contributed by atoms with E-state index in [9.17, 15) is 4.39 Å². The number of nitrogens with two attached hydrogens (primary N) is 1. The zero-order valence-corrected chi connectivity index (χ0v) is 13.6. The lowest BCUT2D eigenvalue weighted by Crippen LogP contribution is -2.27. The molecule has 0 spiro atoms. The number of rotatable bonds is 7. The van der Waals surface area contributed by atoms with E-state index >= 15 is 0 Å². The maximum absolute atomic E-state index is 13.9. The molecule has 4 heteroatoms. The summed E-state index contributed by atoms with van der Waals surface area (Å²) in [6.45, 7) is 7.25. The Bertz CT molecular complexity index is 411. The Kier molecular flexibility index (Phi) is 7.20. The van der Waals surface area contributed by atoms with Gasteiger partial charge in [0.15, 0.2) is 0 Å². The molecule has 20 heavy (non-hydrogen) atoms. The molecule has 114 valence electrons. The third-order valence-electron chi connectivity index (χ3n) is 3.42. The normalized spacial score (nSPS) is 19.8. The van der Waals surface area contributed by atoms with Gasteiger partial charge in [-0.3, -0.25) is 0 Å². The highest BCUT2D eigenvalue weighted by molar-refractivity contribution is 7.84. The molecule has 0 aromatic rings. The molecule has 0 unspecified atom stereocenters. The topological polar surface area (TPSA) is 38.0 Å². The van der Waals surface area contributed by atoms with Crippen molar-refractivity contribution in [3.8, 4) is 0 Å². The van der Waals surface area contributed by atoms with Crippen molar-refractivity contribution in [1.82, 2.24) is 5.32 Å². The summed E-state index contributed by atoms with van der Waals surface area (Å²) in [5.74, 6) is 0.249. The summed E-state index contributed by atoms with van der Waals surface area (Å²) in [5, 5.41) is 3.35. The second kappa shape index (κ2) is 8.40. The van der Waals surface area contributed by atoms with E-state index in [1.807, 2.05) is 0 Å². The third-order valence-corrected chi connectivity index (χ3v) is 3.76. The molecule has 0 fully saturated rings. The first-order valence-corrected chi connectivity index (χ1v) is 7.91. The van der Waals surface area contributed by atoms with Gasteiger partial charge in [-0.25, -0.2) is 4.39 Å². The first kappa shape index (κ1) is 17.2. The summed E-state index contributed by atoms with van der Waals surface area (Å²) >= 11 is 4.16. The van der Waals surface area contributed by atoms with Gasteiger partial charge < -0.3 is 11.1 Å². The van der Waals surface area contributed by atoms with Crippen LogP contribution in [0.3, 0.4) is 0 Å². The van der Waals surface area contributed by atoms with Crippen molar-refractivity contribution in [2.24, 2.45) is 17.6 Å². The van der Waals surface area contributed by atoms with E-state index < -0.39 is 0 Å². The first-order chi connectivity index (χ1) is 9.45. The third kappa shape index (κ3) is 5.23. The first-order valence-electron chi connectivity index (χ1n) is 7.47. The Morgan fingerprint density at radius 2 is 2.05 bits per heavy atom. The van der Waals surface area contributed by atoms with Crippen molar-refractivity contribution in [3.63, 3.8) is 0 Å². The molecule has 0 heterocycles. The van der Waals surface area contributed by atoms with Crippen molar-refractivity contribution in [3.05, 3.63) is 34.3 Å².